The van der Waals surface area contributed by atoms with Gasteiger partial charge in [0, 0.05) is 32.7 Å². The first-order chi connectivity index (χ1) is 14.1. The number of rotatable bonds is 8. The van der Waals surface area contributed by atoms with Crippen LogP contribution in [0.25, 0.3) is 0 Å². The number of amides is 2. The minimum absolute atomic E-state index is 0.0326. The highest BCUT2D eigenvalue weighted by atomic mass is 16.5. The Balaban J connectivity index is 1.36. The van der Waals surface area contributed by atoms with Gasteiger partial charge in [0.1, 0.15) is 0 Å². The number of likely N-dealkylation sites (tertiary alicyclic amines) is 1. The SMILES string of the molecule is CC(C)OCCOC1CCOC2(CCN(C(=O)NCCc3ccccc3)CC2)C1. The molecule has 1 atom stereocenters. The third-order valence-corrected chi connectivity index (χ3v) is 5.83. The minimum Gasteiger partial charge on any atom is -0.376 e. The van der Waals surface area contributed by atoms with Crippen molar-refractivity contribution in [2.75, 3.05) is 39.5 Å². The van der Waals surface area contributed by atoms with Crippen molar-refractivity contribution in [3.8, 4) is 0 Å². The smallest absolute Gasteiger partial charge is 0.317 e. The van der Waals surface area contributed by atoms with E-state index in [9.17, 15) is 4.79 Å². The molecule has 0 saturated carbocycles. The van der Waals surface area contributed by atoms with Crippen molar-refractivity contribution < 1.29 is 19.0 Å². The van der Waals surface area contributed by atoms with Crippen LogP contribution < -0.4 is 5.32 Å². The summed E-state index contributed by atoms with van der Waals surface area (Å²) in [6.07, 6.45) is 4.93. The quantitative estimate of drug-likeness (QED) is 0.675. The van der Waals surface area contributed by atoms with Crippen LogP contribution in [0.2, 0.25) is 0 Å². The van der Waals surface area contributed by atoms with Crippen LogP contribution in [0.5, 0.6) is 0 Å². The fourth-order valence-corrected chi connectivity index (χ4v) is 4.16. The molecule has 0 radical (unpaired) electrons. The largest absolute Gasteiger partial charge is 0.376 e. The van der Waals surface area contributed by atoms with Gasteiger partial charge >= 0.3 is 6.03 Å². The fourth-order valence-electron chi connectivity index (χ4n) is 4.16. The van der Waals surface area contributed by atoms with Crippen molar-refractivity contribution >= 4 is 6.03 Å². The first-order valence-electron chi connectivity index (χ1n) is 11.0. The van der Waals surface area contributed by atoms with Gasteiger partial charge in [-0.1, -0.05) is 30.3 Å². The Morgan fingerprint density at radius 3 is 2.72 bits per heavy atom. The van der Waals surface area contributed by atoms with Crippen molar-refractivity contribution in [3.05, 3.63) is 35.9 Å². The van der Waals surface area contributed by atoms with Crippen LogP contribution in [-0.2, 0) is 20.6 Å². The molecule has 2 aliphatic heterocycles. The normalized spacial score (nSPS) is 21.5. The van der Waals surface area contributed by atoms with Crippen LogP contribution in [0.1, 0.15) is 45.1 Å². The van der Waals surface area contributed by atoms with E-state index in [0.717, 1.165) is 51.8 Å². The molecule has 1 spiro atoms. The first kappa shape index (κ1) is 22.1. The van der Waals surface area contributed by atoms with E-state index >= 15 is 0 Å². The molecule has 2 saturated heterocycles. The summed E-state index contributed by atoms with van der Waals surface area (Å²) in [7, 11) is 0. The molecule has 1 aromatic rings. The zero-order valence-corrected chi connectivity index (χ0v) is 17.9. The zero-order chi connectivity index (χ0) is 20.5. The second kappa shape index (κ2) is 11.0. The number of hydrogen-bond acceptors (Lipinski definition) is 4. The van der Waals surface area contributed by atoms with E-state index in [1.807, 2.05) is 36.9 Å². The molecule has 0 bridgehead atoms. The molecule has 6 heteroatoms. The van der Waals surface area contributed by atoms with E-state index < -0.39 is 0 Å². The van der Waals surface area contributed by atoms with E-state index in [0.29, 0.717) is 19.8 Å². The molecular weight excluding hydrogens is 368 g/mol. The Morgan fingerprint density at radius 1 is 1.24 bits per heavy atom. The molecule has 2 heterocycles. The second-order valence-corrected chi connectivity index (χ2v) is 8.39. The molecule has 6 nitrogen and oxygen atoms in total. The number of benzene rings is 1. The van der Waals surface area contributed by atoms with E-state index in [1.165, 1.54) is 5.56 Å². The maximum atomic E-state index is 12.5. The molecule has 2 fully saturated rings. The van der Waals surface area contributed by atoms with E-state index in [1.54, 1.807) is 0 Å². The lowest BCUT2D eigenvalue weighted by Gasteiger charge is -2.46. The Morgan fingerprint density at radius 2 is 2.00 bits per heavy atom. The predicted octanol–water partition coefficient (Wildman–Crippen LogP) is 3.39. The van der Waals surface area contributed by atoms with E-state index in [4.69, 9.17) is 14.2 Å². The fraction of sp³-hybridized carbons (Fsp3) is 0.696. The molecule has 2 amide bonds. The van der Waals surface area contributed by atoms with Crippen LogP contribution in [0.3, 0.4) is 0 Å². The monoisotopic (exact) mass is 404 g/mol. The molecule has 1 unspecified atom stereocenters. The summed E-state index contributed by atoms with van der Waals surface area (Å²) in [6.45, 7) is 8.22. The average Bonchev–Trinajstić information content (AvgIpc) is 2.72. The van der Waals surface area contributed by atoms with Crippen LogP contribution in [-0.4, -0.2) is 68.2 Å². The topological polar surface area (TPSA) is 60.0 Å². The summed E-state index contributed by atoms with van der Waals surface area (Å²) in [5.74, 6) is 0. The summed E-state index contributed by atoms with van der Waals surface area (Å²) >= 11 is 0. The van der Waals surface area contributed by atoms with E-state index in [-0.39, 0.29) is 23.8 Å². The van der Waals surface area contributed by atoms with Gasteiger partial charge in [-0.2, -0.15) is 0 Å². The summed E-state index contributed by atoms with van der Waals surface area (Å²) in [6, 6.07) is 10.3. The van der Waals surface area contributed by atoms with E-state index in [2.05, 4.69) is 17.4 Å². The van der Waals surface area contributed by atoms with Crippen LogP contribution >= 0.6 is 0 Å². The predicted molar refractivity (Wildman–Crippen MR) is 113 cm³/mol. The lowest BCUT2D eigenvalue weighted by molar-refractivity contribution is -0.155. The Bertz CT molecular complexity index is 615. The maximum absolute atomic E-state index is 12.5. The average molecular weight is 405 g/mol. The van der Waals surface area contributed by atoms with Crippen molar-refractivity contribution in [3.63, 3.8) is 0 Å². The number of nitrogens with one attached hydrogen (secondary N) is 1. The zero-order valence-electron chi connectivity index (χ0n) is 17.9. The Hall–Kier alpha value is -1.63. The molecule has 2 aliphatic rings. The lowest BCUT2D eigenvalue weighted by Crippen LogP contribution is -2.54. The van der Waals surface area contributed by atoms with Crippen LogP contribution in [0.4, 0.5) is 4.79 Å². The highest BCUT2D eigenvalue weighted by Gasteiger charge is 2.41. The number of carbonyl (C=O) groups is 1. The molecule has 162 valence electrons. The number of hydrogen-bond donors (Lipinski definition) is 1. The number of piperidine rings is 1. The minimum atomic E-state index is -0.136. The van der Waals surface area contributed by atoms with Gasteiger partial charge in [0.25, 0.3) is 0 Å². The number of ether oxygens (including phenoxy) is 3. The van der Waals surface area contributed by atoms with Gasteiger partial charge in [0.2, 0.25) is 0 Å². The molecular formula is C23H36N2O4. The van der Waals surface area contributed by atoms with Gasteiger partial charge in [-0.05, 0) is 45.1 Å². The summed E-state index contributed by atoms with van der Waals surface area (Å²) in [5.41, 5.74) is 1.11. The summed E-state index contributed by atoms with van der Waals surface area (Å²) < 4.78 is 17.8. The summed E-state index contributed by atoms with van der Waals surface area (Å²) in [4.78, 5) is 14.4. The standard InChI is InChI=1S/C23H36N2O4/c1-19(2)27-16-17-28-21-9-15-29-23(18-21)10-13-25(14-11-23)22(26)24-12-8-20-6-4-3-5-7-20/h3-7,19,21H,8-18H2,1-2H3,(H,24,26). The number of carbonyl (C=O) groups excluding carboxylic acids is 1. The van der Waals surface area contributed by atoms with Crippen molar-refractivity contribution in [1.29, 1.82) is 0 Å². The van der Waals surface area contributed by atoms with Gasteiger partial charge in [0.05, 0.1) is 31.0 Å². The molecule has 3 rings (SSSR count). The van der Waals surface area contributed by atoms with Crippen molar-refractivity contribution in [2.45, 2.75) is 63.8 Å². The number of urea groups is 1. The third kappa shape index (κ3) is 6.98. The lowest BCUT2D eigenvalue weighted by atomic mass is 9.83. The Kier molecular flexibility index (Phi) is 8.33. The first-order valence-corrected chi connectivity index (χ1v) is 11.0. The van der Waals surface area contributed by atoms with Gasteiger partial charge in [0.15, 0.2) is 0 Å². The number of nitrogens with zero attached hydrogens (tertiary/aromatic N) is 1. The molecule has 0 aliphatic carbocycles. The third-order valence-electron chi connectivity index (χ3n) is 5.83. The molecule has 1 N–H and O–H groups in total. The second-order valence-electron chi connectivity index (χ2n) is 8.39. The highest BCUT2D eigenvalue weighted by molar-refractivity contribution is 5.74. The molecule has 1 aromatic carbocycles. The van der Waals surface area contributed by atoms with Gasteiger partial charge in [-0.3, -0.25) is 0 Å². The Labute approximate surface area is 174 Å². The van der Waals surface area contributed by atoms with Crippen molar-refractivity contribution in [2.24, 2.45) is 0 Å². The molecule has 0 aromatic heterocycles. The molecule has 29 heavy (non-hydrogen) atoms. The highest BCUT2D eigenvalue weighted by Crippen LogP contribution is 2.36. The van der Waals surface area contributed by atoms with Crippen LogP contribution in [0, 0.1) is 0 Å². The summed E-state index contributed by atoms with van der Waals surface area (Å²) in [5, 5.41) is 3.05. The maximum Gasteiger partial charge on any atom is 0.317 e. The van der Waals surface area contributed by atoms with Gasteiger partial charge < -0.3 is 24.4 Å². The van der Waals surface area contributed by atoms with Gasteiger partial charge in [-0.25, -0.2) is 4.79 Å². The van der Waals surface area contributed by atoms with Gasteiger partial charge in [-0.15, -0.1) is 0 Å². The van der Waals surface area contributed by atoms with Crippen LogP contribution in [0.15, 0.2) is 30.3 Å². The van der Waals surface area contributed by atoms with Crippen molar-refractivity contribution in [1.82, 2.24) is 10.2 Å².